The summed E-state index contributed by atoms with van der Waals surface area (Å²) in [4.78, 5) is 10.5. The molecule has 0 bridgehead atoms. The van der Waals surface area contributed by atoms with Gasteiger partial charge < -0.3 is 10.8 Å². The van der Waals surface area contributed by atoms with Crippen LogP contribution in [0.15, 0.2) is 0 Å². The number of hydrogen-bond acceptors (Lipinski definition) is 2. The first-order valence-corrected chi connectivity index (χ1v) is 3.76. The number of carbonyl (C=O) groups is 1. The van der Waals surface area contributed by atoms with Crippen molar-refractivity contribution in [2.45, 2.75) is 37.1 Å². The zero-order valence-corrected chi connectivity index (χ0v) is 6.52. The lowest BCUT2D eigenvalue weighted by atomic mass is 9.81. The maximum absolute atomic E-state index is 12.6. The van der Waals surface area contributed by atoms with Crippen molar-refractivity contribution in [3.05, 3.63) is 0 Å². The average molecular weight is 179 g/mol. The number of alkyl halides is 2. The minimum absolute atomic E-state index is 0.144. The Morgan fingerprint density at radius 1 is 1.25 bits per heavy atom. The van der Waals surface area contributed by atoms with Gasteiger partial charge in [-0.1, -0.05) is 0 Å². The Morgan fingerprint density at radius 3 is 2.00 bits per heavy atom. The molecule has 0 aromatic heterocycles. The number of rotatable bonds is 1. The molecule has 0 aliphatic heterocycles. The van der Waals surface area contributed by atoms with Crippen LogP contribution in [0, 0.1) is 0 Å². The average Bonchev–Trinajstić information content (AvgIpc) is 1.96. The predicted octanol–water partition coefficient (Wildman–Crippen LogP) is 0.978. The number of hydrogen-bond donors (Lipinski definition) is 2. The molecule has 70 valence electrons. The molecule has 0 radical (unpaired) electrons. The van der Waals surface area contributed by atoms with Gasteiger partial charge in [0, 0.05) is 12.8 Å². The van der Waals surface area contributed by atoms with Crippen LogP contribution in [-0.4, -0.2) is 22.5 Å². The molecule has 1 rings (SSSR count). The van der Waals surface area contributed by atoms with Crippen LogP contribution in [0.3, 0.4) is 0 Å². The van der Waals surface area contributed by atoms with Gasteiger partial charge in [0.2, 0.25) is 5.92 Å². The van der Waals surface area contributed by atoms with Crippen LogP contribution < -0.4 is 5.73 Å². The summed E-state index contributed by atoms with van der Waals surface area (Å²) >= 11 is 0. The summed E-state index contributed by atoms with van der Waals surface area (Å²) in [5.41, 5.74) is 3.96. The van der Waals surface area contributed by atoms with Crippen LogP contribution in [0.5, 0.6) is 0 Å². The summed E-state index contributed by atoms with van der Waals surface area (Å²) in [6.45, 7) is 0. The molecule has 0 heterocycles. The minimum atomic E-state index is -2.72. The second kappa shape index (κ2) is 2.65. The van der Waals surface area contributed by atoms with Gasteiger partial charge in [-0.3, -0.25) is 4.79 Å². The largest absolute Gasteiger partial charge is 0.480 e. The van der Waals surface area contributed by atoms with Crippen molar-refractivity contribution < 1.29 is 18.7 Å². The number of carboxylic acids is 1. The number of halogens is 2. The van der Waals surface area contributed by atoms with Crippen LogP contribution in [0.2, 0.25) is 0 Å². The van der Waals surface area contributed by atoms with Gasteiger partial charge in [-0.05, 0) is 12.8 Å². The lowest BCUT2D eigenvalue weighted by Crippen LogP contribution is -2.52. The van der Waals surface area contributed by atoms with Crippen LogP contribution in [0.4, 0.5) is 8.78 Å². The molecule has 0 spiro atoms. The summed E-state index contributed by atoms with van der Waals surface area (Å²) < 4.78 is 25.1. The second-order valence-electron chi connectivity index (χ2n) is 3.32. The molecular weight excluding hydrogens is 168 g/mol. The number of nitrogens with two attached hydrogens (primary N) is 1. The van der Waals surface area contributed by atoms with Crippen molar-refractivity contribution in [2.75, 3.05) is 0 Å². The predicted molar refractivity (Wildman–Crippen MR) is 38.0 cm³/mol. The standard InChI is InChI=1S/C7H11F2NO2/c8-7(9)3-1-6(10,2-4-7)5(11)12/h1-4,10H2,(H,11,12). The molecular formula is C7H11F2NO2. The third-order valence-electron chi connectivity index (χ3n) is 2.30. The van der Waals surface area contributed by atoms with Gasteiger partial charge in [0.25, 0.3) is 0 Å². The molecule has 0 saturated heterocycles. The first kappa shape index (κ1) is 9.38. The molecule has 0 unspecified atom stereocenters. The maximum Gasteiger partial charge on any atom is 0.323 e. The van der Waals surface area contributed by atoms with Crippen molar-refractivity contribution in [1.82, 2.24) is 0 Å². The van der Waals surface area contributed by atoms with E-state index in [2.05, 4.69) is 0 Å². The van der Waals surface area contributed by atoms with E-state index in [-0.39, 0.29) is 12.8 Å². The summed E-state index contributed by atoms with van der Waals surface area (Å²) in [5.74, 6) is -3.91. The number of aliphatic carboxylic acids is 1. The summed E-state index contributed by atoms with van der Waals surface area (Å²) in [5, 5.41) is 8.60. The molecule has 3 N–H and O–H groups in total. The van der Waals surface area contributed by atoms with Crippen molar-refractivity contribution in [1.29, 1.82) is 0 Å². The van der Waals surface area contributed by atoms with Gasteiger partial charge in [-0.15, -0.1) is 0 Å². The molecule has 0 aromatic carbocycles. The van der Waals surface area contributed by atoms with Crippen LogP contribution in [-0.2, 0) is 4.79 Å². The summed E-state index contributed by atoms with van der Waals surface area (Å²) in [6.07, 6.45) is -1.13. The monoisotopic (exact) mass is 179 g/mol. The van der Waals surface area contributed by atoms with Crippen molar-refractivity contribution in [3.8, 4) is 0 Å². The van der Waals surface area contributed by atoms with Crippen LogP contribution in [0.25, 0.3) is 0 Å². The van der Waals surface area contributed by atoms with Gasteiger partial charge in [0.05, 0.1) is 0 Å². The smallest absolute Gasteiger partial charge is 0.323 e. The molecule has 1 aliphatic rings. The fraction of sp³-hybridized carbons (Fsp3) is 0.857. The van der Waals surface area contributed by atoms with E-state index in [1.165, 1.54) is 0 Å². The van der Waals surface area contributed by atoms with Crippen molar-refractivity contribution in [3.63, 3.8) is 0 Å². The number of carboxylic acid groups (broad SMARTS) is 1. The quantitative estimate of drug-likeness (QED) is 0.630. The van der Waals surface area contributed by atoms with Gasteiger partial charge in [0.1, 0.15) is 5.54 Å². The first-order valence-electron chi connectivity index (χ1n) is 3.76. The third-order valence-corrected chi connectivity index (χ3v) is 2.30. The topological polar surface area (TPSA) is 63.3 Å². The SMILES string of the molecule is NC1(C(=O)O)CCC(F)(F)CC1. The Labute approximate surface area is 68.5 Å². The molecule has 12 heavy (non-hydrogen) atoms. The fourth-order valence-electron chi connectivity index (χ4n) is 1.28. The normalized spacial score (nSPS) is 26.6. The Balaban J connectivity index is 2.62. The molecule has 0 aromatic rings. The van der Waals surface area contributed by atoms with E-state index in [4.69, 9.17) is 10.8 Å². The highest BCUT2D eigenvalue weighted by Crippen LogP contribution is 2.37. The molecule has 0 atom stereocenters. The zero-order chi connectivity index (χ0) is 9.41. The highest BCUT2D eigenvalue weighted by atomic mass is 19.3. The fourth-order valence-corrected chi connectivity index (χ4v) is 1.28. The van der Waals surface area contributed by atoms with E-state index in [1.807, 2.05) is 0 Å². The van der Waals surface area contributed by atoms with Crippen molar-refractivity contribution >= 4 is 5.97 Å². The lowest BCUT2D eigenvalue weighted by molar-refractivity contribution is -0.148. The van der Waals surface area contributed by atoms with Gasteiger partial charge in [-0.2, -0.15) is 0 Å². The molecule has 5 heteroatoms. The molecule has 0 amide bonds. The van der Waals surface area contributed by atoms with E-state index in [1.54, 1.807) is 0 Å². The molecule has 1 fully saturated rings. The van der Waals surface area contributed by atoms with Crippen molar-refractivity contribution in [2.24, 2.45) is 5.73 Å². The Bertz CT molecular complexity index is 196. The Morgan fingerprint density at radius 2 is 1.67 bits per heavy atom. The molecule has 3 nitrogen and oxygen atoms in total. The van der Waals surface area contributed by atoms with E-state index in [9.17, 15) is 13.6 Å². The molecule has 1 aliphatic carbocycles. The van der Waals surface area contributed by atoms with Crippen LogP contribution >= 0.6 is 0 Å². The third kappa shape index (κ3) is 1.72. The zero-order valence-electron chi connectivity index (χ0n) is 6.52. The van der Waals surface area contributed by atoms with E-state index in [0.717, 1.165) is 0 Å². The van der Waals surface area contributed by atoms with E-state index < -0.39 is 30.3 Å². The van der Waals surface area contributed by atoms with Crippen LogP contribution in [0.1, 0.15) is 25.7 Å². The highest BCUT2D eigenvalue weighted by Gasteiger charge is 2.45. The lowest BCUT2D eigenvalue weighted by Gasteiger charge is -2.33. The van der Waals surface area contributed by atoms with Gasteiger partial charge >= 0.3 is 5.97 Å². The second-order valence-corrected chi connectivity index (χ2v) is 3.32. The highest BCUT2D eigenvalue weighted by molar-refractivity contribution is 5.78. The van der Waals surface area contributed by atoms with E-state index in [0.29, 0.717) is 0 Å². The van der Waals surface area contributed by atoms with E-state index >= 15 is 0 Å². The summed E-state index contributed by atoms with van der Waals surface area (Å²) in [6, 6.07) is 0. The maximum atomic E-state index is 12.6. The Kier molecular flexibility index (Phi) is 2.07. The minimum Gasteiger partial charge on any atom is -0.480 e. The Hall–Kier alpha value is -0.710. The first-order chi connectivity index (χ1) is 5.36. The van der Waals surface area contributed by atoms with Gasteiger partial charge in [0.15, 0.2) is 0 Å². The van der Waals surface area contributed by atoms with Gasteiger partial charge in [-0.25, -0.2) is 8.78 Å². The molecule has 1 saturated carbocycles. The summed E-state index contributed by atoms with van der Waals surface area (Å²) in [7, 11) is 0.